The number of carboxylic acid groups (broad SMARTS) is 1. The van der Waals surface area contributed by atoms with E-state index in [1.165, 1.54) is 0 Å². The molecular formula is C15H28N2O3. The lowest BCUT2D eigenvalue weighted by molar-refractivity contribution is -0.143. The standard InChI is InChI=1S/C15H28N2O3/c1-3-15(2,20)11-16-9-6-12(7-10-16)17-8-4-5-13(17)14(18)19/h12-13,20H,3-11H2,1-2H3,(H,18,19). The monoisotopic (exact) mass is 284 g/mol. The summed E-state index contributed by atoms with van der Waals surface area (Å²) in [5.74, 6) is -0.668. The van der Waals surface area contributed by atoms with Crippen LogP contribution in [-0.4, -0.2) is 69.8 Å². The first-order valence-corrected chi connectivity index (χ1v) is 7.86. The van der Waals surface area contributed by atoms with E-state index in [4.69, 9.17) is 0 Å². The number of carboxylic acids is 1. The van der Waals surface area contributed by atoms with E-state index in [2.05, 4.69) is 9.80 Å². The summed E-state index contributed by atoms with van der Waals surface area (Å²) in [6.07, 6.45) is 4.59. The topological polar surface area (TPSA) is 64.0 Å². The third-order valence-electron chi connectivity index (χ3n) is 4.93. The zero-order valence-corrected chi connectivity index (χ0v) is 12.7. The number of aliphatic carboxylic acids is 1. The first kappa shape index (κ1) is 15.7. The number of rotatable bonds is 5. The van der Waals surface area contributed by atoms with E-state index in [1.54, 1.807) is 0 Å². The normalized spacial score (nSPS) is 29.4. The molecule has 2 saturated heterocycles. The summed E-state index contributed by atoms with van der Waals surface area (Å²) in [4.78, 5) is 15.8. The van der Waals surface area contributed by atoms with Crippen molar-refractivity contribution in [3.8, 4) is 0 Å². The first-order valence-electron chi connectivity index (χ1n) is 7.86. The zero-order chi connectivity index (χ0) is 14.8. The number of carbonyl (C=O) groups is 1. The van der Waals surface area contributed by atoms with Crippen LogP contribution in [-0.2, 0) is 4.79 Å². The van der Waals surface area contributed by atoms with Crippen molar-refractivity contribution in [1.82, 2.24) is 9.80 Å². The molecule has 2 fully saturated rings. The molecule has 116 valence electrons. The second-order valence-corrected chi connectivity index (χ2v) is 6.59. The van der Waals surface area contributed by atoms with Crippen LogP contribution >= 0.6 is 0 Å². The van der Waals surface area contributed by atoms with Crippen molar-refractivity contribution in [1.29, 1.82) is 0 Å². The molecule has 0 radical (unpaired) electrons. The van der Waals surface area contributed by atoms with Gasteiger partial charge in [0.1, 0.15) is 6.04 Å². The van der Waals surface area contributed by atoms with E-state index >= 15 is 0 Å². The molecule has 2 heterocycles. The van der Waals surface area contributed by atoms with Crippen molar-refractivity contribution in [2.24, 2.45) is 0 Å². The molecule has 5 heteroatoms. The van der Waals surface area contributed by atoms with Crippen LogP contribution in [0.1, 0.15) is 46.0 Å². The van der Waals surface area contributed by atoms with Crippen molar-refractivity contribution in [2.45, 2.75) is 63.6 Å². The van der Waals surface area contributed by atoms with Gasteiger partial charge in [-0.3, -0.25) is 9.69 Å². The van der Waals surface area contributed by atoms with Crippen LogP contribution in [0.2, 0.25) is 0 Å². The Morgan fingerprint density at radius 3 is 2.45 bits per heavy atom. The number of aliphatic hydroxyl groups is 1. The summed E-state index contributed by atoms with van der Waals surface area (Å²) in [6, 6.07) is 0.131. The second kappa shape index (κ2) is 6.41. The maximum absolute atomic E-state index is 11.3. The minimum atomic E-state index is -0.668. The van der Waals surface area contributed by atoms with E-state index in [9.17, 15) is 15.0 Å². The largest absolute Gasteiger partial charge is 0.480 e. The Hall–Kier alpha value is -0.650. The number of likely N-dealkylation sites (tertiary alicyclic amines) is 2. The number of hydrogen-bond donors (Lipinski definition) is 2. The summed E-state index contributed by atoms with van der Waals surface area (Å²) >= 11 is 0. The van der Waals surface area contributed by atoms with Gasteiger partial charge in [0.05, 0.1) is 5.60 Å². The molecule has 2 N–H and O–H groups in total. The fourth-order valence-corrected chi connectivity index (χ4v) is 3.49. The van der Waals surface area contributed by atoms with Gasteiger partial charge in [0, 0.05) is 12.6 Å². The van der Waals surface area contributed by atoms with Gasteiger partial charge in [-0.1, -0.05) is 6.92 Å². The summed E-state index contributed by atoms with van der Waals surface area (Å²) in [5, 5.41) is 19.4. The Morgan fingerprint density at radius 2 is 1.90 bits per heavy atom. The van der Waals surface area contributed by atoms with Crippen molar-refractivity contribution in [3.05, 3.63) is 0 Å². The van der Waals surface area contributed by atoms with E-state index in [0.29, 0.717) is 6.04 Å². The van der Waals surface area contributed by atoms with Gasteiger partial charge < -0.3 is 15.1 Å². The van der Waals surface area contributed by atoms with Crippen molar-refractivity contribution in [2.75, 3.05) is 26.2 Å². The maximum atomic E-state index is 11.3. The van der Waals surface area contributed by atoms with E-state index < -0.39 is 11.6 Å². The van der Waals surface area contributed by atoms with Crippen LogP contribution in [0.15, 0.2) is 0 Å². The molecule has 2 aliphatic heterocycles. The van der Waals surface area contributed by atoms with Crippen LogP contribution in [0.3, 0.4) is 0 Å². The third-order valence-corrected chi connectivity index (χ3v) is 4.93. The SMILES string of the molecule is CCC(C)(O)CN1CCC(N2CCCC2C(=O)O)CC1. The summed E-state index contributed by atoms with van der Waals surface area (Å²) in [5.41, 5.74) is -0.607. The molecule has 0 aromatic carbocycles. The van der Waals surface area contributed by atoms with Gasteiger partial charge in [0.25, 0.3) is 0 Å². The fourth-order valence-electron chi connectivity index (χ4n) is 3.49. The van der Waals surface area contributed by atoms with Crippen LogP contribution in [0.4, 0.5) is 0 Å². The molecule has 2 rings (SSSR count). The van der Waals surface area contributed by atoms with E-state index in [0.717, 1.165) is 58.3 Å². The Balaban J connectivity index is 1.84. The minimum Gasteiger partial charge on any atom is -0.480 e. The fraction of sp³-hybridized carbons (Fsp3) is 0.933. The van der Waals surface area contributed by atoms with Crippen molar-refractivity contribution >= 4 is 5.97 Å². The van der Waals surface area contributed by atoms with Crippen LogP contribution in [0.25, 0.3) is 0 Å². The van der Waals surface area contributed by atoms with Crippen molar-refractivity contribution < 1.29 is 15.0 Å². The predicted octanol–water partition coefficient (Wildman–Crippen LogP) is 1.16. The first-order chi connectivity index (χ1) is 9.43. The van der Waals surface area contributed by atoms with Crippen molar-refractivity contribution in [3.63, 3.8) is 0 Å². The number of piperidine rings is 1. The Morgan fingerprint density at radius 1 is 1.25 bits per heavy atom. The lowest BCUT2D eigenvalue weighted by atomic mass is 9.98. The summed E-state index contributed by atoms with van der Waals surface area (Å²) in [7, 11) is 0. The highest BCUT2D eigenvalue weighted by Crippen LogP contribution is 2.26. The highest BCUT2D eigenvalue weighted by molar-refractivity contribution is 5.73. The molecule has 0 bridgehead atoms. The Bertz CT molecular complexity index is 338. The maximum Gasteiger partial charge on any atom is 0.320 e. The molecule has 0 saturated carbocycles. The molecule has 0 aromatic rings. The minimum absolute atomic E-state index is 0.273. The lowest BCUT2D eigenvalue weighted by Crippen LogP contribution is -2.51. The third kappa shape index (κ3) is 3.71. The average Bonchev–Trinajstić information content (AvgIpc) is 2.88. The van der Waals surface area contributed by atoms with E-state index in [-0.39, 0.29) is 6.04 Å². The molecule has 5 nitrogen and oxygen atoms in total. The average molecular weight is 284 g/mol. The molecular weight excluding hydrogens is 256 g/mol. The zero-order valence-electron chi connectivity index (χ0n) is 12.7. The van der Waals surface area contributed by atoms with Crippen LogP contribution < -0.4 is 0 Å². The van der Waals surface area contributed by atoms with Gasteiger partial charge >= 0.3 is 5.97 Å². The molecule has 0 aromatic heterocycles. The van der Waals surface area contributed by atoms with Gasteiger partial charge in [0.2, 0.25) is 0 Å². The number of hydrogen-bond acceptors (Lipinski definition) is 4. The molecule has 2 aliphatic rings. The smallest absolute Gasteiger partial charge is 0.320 e. The van der Waals surface area contributed by atoms with E-state index in [1.807, 2.05) is 13.8 Å². The number of nitrogens with zero attached hydrogens (tertiary/aromatic N) is 2. The molecule has 0 spiro atoms. The number of β-amino-alcohol motifs (C(OH)–C–C–N with tert-alkyl or cyclic N) is 1. The second-order valence-electron chi connectivity index (χ2n) is 6.59. The Kier molecular flexibility index (Phi) is 5.04. The van der Waals surface area contributed by atoms with Gasteiger partial charge in [-0.25, -0.2) is 0 Å². The molecule has 20 heavy (non-hydrogen) atoms. The Labute approximate surface area is 121 Å². The highest BCUT2D eigenvalue weighted by Gasteiger charge is 2.37. The van der Waals surface area contributed by atoms with Gasteiger partial charge in [-0.05, 0) is 58.7 Å². The van der Waals surface area contributed by atoms with Gasteiger partial charge in [-0.2, -0.15) is 0 Å². The van der Waals surface area contributed by atoms with Gasteiger partial charge in [0.15, 0.2) is 0 Å². The molecule has 0 aliphatic carbocycles. The molecule has 2 unspecified atom stereocenters. The predicted molar refractivity (Wildman–Crippen MR) is 77.7 cm³/mol. The summed E-state index contributed by atoms with van der Waals surface area (Å²) in [6.45, 7) is 7.47. The molecule has 0 amide bonds. The van der Waals surface area contributed by atoms with Crippen LogP contribution in [0.5, 0.6) is 0 Å². The van der Waals surface area contributed by atoms with Gasteiger partial charge in [-0.15, -0.1) is 0 Å². The summed E-state index contributed by atoms with van der Waals surface area (Å²) < 4.78 is 0. The lowest BCUT2D eigenvalue weighted by Gasteiger charge is -2.40. The molecule has 2 atom stereocenters. The highest BCUT2D eigenvalue weighted by atomic mass is 16.4. The van der Waals surface area contributed by atoms with Crippen LogP contribution in [0, 0.1) is 0 Å². The quantitative estimate of drug-likeness (QED) is 0.793.